The smallest absolute Gasteiger partial charge is 0.328 e. The molecule has 1 aromatic carbocycles. The van der Waals surface area contributed by atoms with Crippen LogP contribution in [-0.4, -0.2) is 36.7 Å². The van der Waals surface area contributed by atoms with Crippen molar-refractivity contribution in [3.63, 3.8) is 0 Å². The van der Waals surface area contributed by atoms with Crippen molar-refractivity contribution in [1.29, 1.82) is 0 Å². The summed E-state index contributed by atoms with van der Waals surface area (Å²) >= 11 is 0. The first-order valence-electron chi connectivity index (χ1n) is 6.16. The Hall–Kier alpha value is -1.81. The van der Waals surface area contributed by atoms with E-state index in [1.807, 2.05) is 20.0 Å². The van der Waals surface area contributed by atoms with E-state index in [2.05, 4.69) is 17.9 Å². The maximum absolute atomic E-state index is 10.4. The normalized spacial score (nSPS) is 11.2. The van der Waals surface area contributed by atoms with Gasteiger partial charge in [-0.3, -0.25) is 4.90 Å². The lowest BCUT2D eigenvalue weighted by Crippen LogP contribution is -2.18. The van der Waals surface area contributed by atoms with Gasteiger partial charge in [0.05, 0.1) is 7.11 Å². The number of carbonyl (C=O) groups is 1. The largest absolute Gasteiger partial charge is 0.496 e. The summed E-state index contributed by atoms with van der Waals surface area (Å²) in [5.41, 5.74) is 3.59. The molecule has 0 bridgehead atoms. The van der Waals surface area contributed by atoms with E-state index in [0.29, 0.717) is 6.54 Å². The van der Waals surface area contributed by atoms with Crippen LogP contribution in [0.25, 0.3) is 0 Å². The molecule has 0 aliphatic rings. The number of methoxy groups -OCH3 is 1. The quantitative estimate of drug-likeness (QED) is 0.801. The zero-order chi connectivity index (χ0) is 14.4. The van der Waals surface area contributed by atoms with Crippen LogP contribution in [0.15, 0.2) is 24.3 Å². The molecule has 4 heteroatoms. The molecule has 0 amide bonds. The van der Waals surface area contributed by atoms with Crippen molar-refractivity contribution in [2.24, 2.45) is 0 Å². The Morgan fingerprint density at radius 2 is 2.05 bits per heavy atom. The van der Waals surface area contributed by atoms with Crippen molar-refractivity contribution in [2.75, 3.05) is 20.7 Å². The van der Waals surface area contributed by atoms with E-state index in [-0.39, 0.29) is 0 Å². The summed E-state index contributed by atoms with van der Waals surface area (Å²) in [6.07, 6.45) is 2.82. The number of benzene rings is 1. The molecule has 0 saturated carbocycles. The van der Waals surface area contributed by atoms with Gasteiger partial charge in [-0.1, -0.05) is 12.1 Å². The number of hydrogen-bond donors (Lipinski definition) is 1. The molecule has 1 aromatic rings. The number of likely N-dealkylation sites (N-methyl/N-ethyl adjacent to an activating group) is 1. The number of carboxylic acid groups (broad SMARTS) is 1. The number of rotatable bonds is 6. The second-order valence-electron chi connectivity index (χ2n) is 4.61. The summed E-state index contributed by atoms with van der Waals surface area (Å²) in [6, 6.07) is 4.02. The van der Waals surface area contributed by atoms with E-state index in [9.17, 15) is 4.79 Å². The fourth-order valence-corrected chi connectivity index (χ4v) is 1.93. The topological polar surface area (TPSA) is 49.8 Å². The highest BCUT2D eigenvalue weighted by Gasteiger charge is 2.08. The molecule has 0 aliphatic carbocycles. The minimum absolute atomic E-state index is 0.608. The standard InChI is InChI=1S/C15H21NO3/c1-11-12(2)14(19-4)8-7-13(11)10-16(3)9-5-6-15(17)18/h5-8H,9-10H2,1-4H3,(H,17,18)/b6-5+. The highest BCUT2D eigenvalue weighted by Crippen LogP contribution is 2.24. The summed E-state index contributed by atoms with van der Waals surface area (Å²) in [6.45, 7) is 5.51. The monoisotopic (exact) mass is 263 g/mol. The lowest BCUT2D eigenvalue weighted by molar-refractivity contribution is -0.131. The van der Waals surface area contributed by atoms with Crippen LogP contribution in [0.4, 0.5) is 0 Å². The van der Waals surface area contributed by atoms with Crippen LogP contribution >= 0.6 is 0 Å². The summed E-state index contributed by atoms with van der Waals surface area (Å²) < 4.78 is 5.29. The molecule has 19 heavy (non-hydrogen) atoms. The summed E-state index contributed by atoms with van der Waals surface area (Å²) in [7, 11) is 3.63. The van der Waals surface area contributed by atoms with Crippen LogP contribution in [0, 0.1) is 13.8 Å². The second-order valence-corrected chi connectivity index (χ2v) is 4.61. The Morgan fingerprint density at radius 3 is 2.63 bits per heavy atom. The van der Waals surface area contributed by atoms with Gasteiger partial charge in [0.15, 0.2) is 0 Å². The van der Waals surface area contributed by atoms with Crippen molar-refractivity contribution >= 4 is 5.97 Å². The zero-order valence-corrected chi connectivity index (χ0v) is 11.9. The van der Waals surface area contributed by atoms with E-state index in [1.54, 1.807) is 13.2 Å². The average molecular weight is 263 g/mol. The zero-order valence-electron chi connectivity index (χ0n) is 11.9. The third-order valence-corrected chi connectivity index (χ3v) is 3.19. The molecular weight excluding hydrogens is 242 g/mol. The first kappa shape index (κ1) is 15.2. The number of nitrogens with zero attached hydrogens (tertiary/aromatic N) is 1. The molecule has 0 radical (unpaired) electrons. The van der Waals surface area contributed by atoms with Gasteiger partial charge < -0.3 is 9.84 Å². The van der Waals surface area contributed by atoms with Gasteiger partial charge in [0, 0.05) is 19.2 Å². The predicted octanol–water partition coefficient (Wildman–Crippen LogP) is 2.38. The molecular formula is C15H21NO3. The molecule has 0 saturated heterocycles. The highest BCUT2D eigenvalue weighted by atomic mass is 16.5. The first-order chi connectivity index (χ1) is 8.95. The molecule has 0 aromatic heterocycles. The maximum Gasteiger partial charge on any atom is 0.328 e. The number of hydrogen-bond acceptors (Lipinski definition) is 3. The molecule has 0 spiro atoms. The predicted molar refractivity (Wildman–Crippen MR) is 75.6 cm³/mol. The van der Waals surface area contributed by atoms with Gasteiger partial charge in [-0.25, -0.2) is 4.79 Å². The van der Waals surface area contributed by atoms with Crippen LogP contribution in [0.2, 0.25) is 0 Å². The van der Waals surface area contributed by atoms with Crippen LogP contribution in [0.3, 0.4) is 0 Å². The van der Waals surface area contributed by atoms with E-state index < -0.39 is 5.97 Å². The molecule has 0 aliphatic heterocycles. The Labute approximate surface area is 114 Å². The fourth-order valence-electron chi connectivity index (χ4n) is 1.93. The molecule has 1 N–H and O–H groups in total. The van der Waals surface area contributed by atoms with Crippen LogP contribution in [0.1, 0.15) is 16.7 Å². The van der Waals surface area contributed by atoms with Gasteiger partial charge in [-0.15, -0.1) is 0 Å². The molecule has 1 rings (SSSR count). The molecule has 104 valence electrons. The van der Waals surface area contributed by atoms with E-state index >= 15 is 0 Å². The summed E-state index contributed by atoms with van der Waals surface area (Å²) in [5, 5.41) is 8.54. The van der Waals surface area contributed by atoms with Crippen molar-refractivity contribution < 1.29 is 14.6 Å². The fraction of sp³-hybridized carbons (Fsp3) is 0.400. The SMILES string of the molecule is COc1ccc(CN(C)C/C=C/C(=O)O)c(C)c1C. The first-order valence-corrected chi connectivity index (χ1v) is 6.16. The van der Waals surface area contributed by atoms with Gasteiger partial charge in [-0.2, -0.15) is 0 Å². The minimum Gasteiger partial charge on any atom is -0.496 e. The van der Waals surface area contributed by atoms with Gasteiger partial charge in [0.25, 0.3) is 0 Å². The van der Waals surface area contributed by atoms with Crippen LogP contribution < -0.4 is 4.74 Å². The summed E-state index contributed by atoms with van der Waals surface area (Å²) in [5.74, 6) is -0.0143. The number of carboxylic acids is 1. The molecule has 0 unspecified atom stereocenters. The maximum atomic E-state index is 10.4. The van der Waals surface area contributed by atoms with Gasteiger partial charge in [0.1, 0.15) is 5.75 Å². The third-order valence-electron chi connectivity index (χ3n) is 3.19. The highest BCUT2D eigenvalue weighted by molar-refractivity contribution is 5.79. The van der Waals surface area contributed by atoms with Gasteiger partial charge in [0.2, 0.25) is 0 Å². The van der Waals surface area contributed by atoms with Crippen molar-refractivity contribution in [3.05, 3.63) is 41.0 Å². The van der Waals surface area contributed by atoms with Crippen LogP contribution in [-0.2, 0) is 11.3 Å². The second kappa shape index (κ2) is 6.95. The van der Waals surface area contributed by atoms with E-state index in [4.69, 9.17) is 9.84 Å². The third kappa shape index (κ3) is 4.41. The van der Waals surface area contributed by atoms with Crippen molar-refractivity contribution in [1.82, 2.24) is 4.90 Å². The molecule has 4 nitrogen and oxygen atoms in total. The lowest BCUT2D eigenvalue weighted by Gasteiger charge is -2.18. The Morgan fingerprint density at radius 1 is 1.37 bits per heavy atom. The van der Waals surface area contributed by atoms with Crippen molar-refractivity contribution in [3.8, 4) is 5.75 Å². The Bertz CT molecular complexity index is 481. The Balaban J connectivity index is 2.72. The lowest BCUT2D eigenvalue weighted by atomic mass is 10.0. The molecule has 0 heterocycles. The van der Waals surface area contributed by atoms with Gasteiger partial charge >= 0.3 is 5.97 Å². The average Bonchev–Trinajstić information content (AvgIpc) is 2.35. The minimum atomic E-state index is -0.912. The summed E-state index contributed by atoms with van der Waals surface area (Å²) in [4.78, 5) is 12.5. The van der Waals surface area contributed by atoms with Gasteiger partial charge in [-0.05, 0) is 43.7 Å². The Kier molecular flexibility index (Phi) is 5.57. The van der Waals surface area contributed by atoms with E-state index in [0.717, 1.165) is 17.9 Å². The molecule has 0 fully saturated rings. The number of ether oxygens (including phenoxy) is 1. The van der Waals surface area contributed by atoms with Crippen molar-refractivity contribution in [2.45, 2.75) is 20.4 Å². The number of aliphatic carboxylic acids is 1. The molecule has 0 atom stereocenters. The van der Waals surface area contributed by atoms with E-state index in [1.165, 1.54) is 17.2 Å². The van der Waals surface area contributed by atoms with Crippen LogP contribution in [0.5, 0.6) is 5.75 Å².